The molecule has 5 rings (SSSR count). The van der Waals surface area contributed by atoms with E-state index < -0.39 is 11.6 Å². The molecule has 0 aromatic heterocycles. The molecule has 1 saturated heterocycles. The van der Waals surface area contributed by atoms with Crippen molar-refractivity contribution in [2.75, 3.05) is 23.3 Å². The number of amides is 4. The molecular weight excluding hydrogens is 428 g/mol. The second kappa shape index (κ2) is 9.12. The summed E-state index contributed by atoms with van der Waals surface area (Å²) in [4.78, 5) is 42.1. The second-order valence-electron chi connectivity index (χ2n) is 9.76. The van der Waals surface area contributed by atoms with E-state index in [4.69, 9.17) is 0 Å². The molecule has 7 heteroatoms. The summed E-state index contributed by atoms with van der Waals surface area (Å²) in [7, 11) is 0. The average Bonchev–Trinajstić information content (AvgIpc) is 3.35. The summed E-state index contributed by atoms with van der Waals surface area (Å²) in [6.07, 6.45) is 5.25. The normalized spacial score (nSPS) is 23.9. The van der Waals surface area contributed by atoms with Crippen LogP contribution in [0.25, 0.3) is 0 Å². The van der Waals surface area contributed by atoms with Gasteiger partial charge < -0.3 is 15.5 Å². The lowest BCUT2D eigenvalue weighted by atomic mass is 9.75. The molecule has 2 heterocycles. The Morgan fingerprint density at radius 2 is 1.82 bits per heavy atom. The molecule has 7 nitrogen and oxygen atoms in total. The number of imide groups is 1. The minimum atomic E-state index is -0.829. The molecule has 1 aliphatic carbocycles. The first kappa shape index (κ1) is 22.4. The topological polar surface area (TPSA) is 81.8 Å². The summed E-state index contributed by atoms with van der Waals surface area (Å²) in [6, 6.07) is 15.6. The highest BCUT2D eigenvalue weighted by molar-refractivity contribution is 6.10. The number of urea groups is 1. The first-order chi connectivity index (χ1) is 16.5. The summed E-state index contributed by atoms with van der Waals surface area (Å²) in [6.45, 7) is 3.50. The number of nitrogens with one attached hydrogen (secondary N) is 2. The lowest BCUT2D eigenvalue weighted by Crippen LogP contribution is -2.49. The van der Waals surface area contributed by atoms with Crippen molar-refractivity contribution in [2.24, 2.45) is 5.92 Å². The lowest BCUT2D eigenvalue weighted by Gasteiger charge is -2.34. The molecule has 0 bridgehead atoms. The third kappa shape index (κ3) is 4.15. The van der Waals surface area contributed by atoms with Gasteiger partial charge in [-0.2, -0.15) is 0 Å². The summed E-state index contributed by atoms with van der Waals surface area (Å²) >= 11 is 0. The van der Waals surface area contributed by atoms with Crippen LogP contribution in [0.4, 0.5) is 16.2 Å². The zero-order valence-corrected chi connectivity index (χ0v) is 19.7. The van der Waals surface area contributed by atoms with Gasteiger partial charge >= 0.3 is 6.03 Å². The van der Waals surface area contributed by atoms with Gasteiger partial charge in [0.25, 0.3) is 5.91 Å². The van der Waals surface area contributed by atoms with Gasteiger partial charge in [0.2, 0.25) is 5.91 Å². The highest BCUT2D eigenvalue weighted by Crippen LogP contribution is 2.37. The fourth-order valence-corrected chi connectivity index (χ4v) is 5.63. The van der Waals surface area contributed by atoms with Gasteiger partial charge in [0.1, 0.15) is 12.1 Å². The fourth-order valence-electron chi connectivity index (χ4n) is 5.63. The maximum Gasteiger partial charge on any atom is 0.325 e. The Kier molecular flexibility index (Phi) is 6.02. The van der Waals surface area contributed by atoms with Crippen LogP contribution in [-0.2, 0) is 22.6 Å². The van der Waals surface area contributed by atoms with E-state index in [0.29, 0.717) is 31.0 Å². The van der Waals surface area contributed by atoms with E-state index in [9.17, 15) is 14.4 Å². The Bertz CT molecular complexity index is 1110. The molecule has 178 valence electrons. The van der Waals surface area contributed by atoms with Crippen LogP contribution in [0.2, 0.25) is 0 Å². The first-order valence-electron chi connectivity index (χ1n) is 12.3. The molecule has 34 heavy (non-hydrogen) atoms. The standard InChI is InChI=1S/C27H32N4O3/c1-2-19-11-14-27(15-12-19)25(33)31(26(34)29-27)18-24(32)28-22-9-5-3-8-21(22)17-30-16-13-20-7-4-6-10-23(20)30/h3-10,19H,2,11-18H2,1H3,(H,28,32)(H,29,34). The molecule has 0 atom stereocenters. The van der Waals surface area contributed by atoms with Crippen molar-refractivity contribution >= 4 is 29.2 Å². The van der Waals surface area contributed by atoms with Crippen LogP contribution in [0.15, 0.2) is 48.5 Å². The maximum absolute atomic E-state index is 13.1. The Morgan fingerprint density at radius 1 is 1.09 bits per heavy atom. The monoisotopic (exact) mass is 460 g/mol. The number of hydrogen-bond acceptors (Lipinski definition) is 4. The molecule has 2 aromatic rings. The zero-order chi connectivity index (χ0) is 23.7. The zero-order valence-electron chi connectivity index (χ0n) is 19.7. The van der Waals surface area contributed by atoms with Crippen LogP contribution in [0.1, 0.15) is 50.2 Å². The number of nitrogens with zero attached hydrogens (tertiary/aromatic N) is 2. The van der Waals surface area contributed by atoms with Gasteiger partial charge in [0.05, 0.1) is 0 Å². The highest BCUT2D eigenvalue weighted by Gasteiger charge is 2.52. The maximum atomic E-state index is 13.1. The SMILES string of the molecule is CCC1CCC2(CC1)NC(=O)N(CC(=O)Nc1ccccc1CN1CCc3ccccc31)C2=O. The van der Waals surface area contributed by atoms with E-state index in [1.165, 1.54) is 11.3 Å². The smallest absolute Gasteiger partial charge is 0.325 e. The van der Waals surface area contributed by atoms with Gasteiger partial charge in [-0.25, -0.2) is 4.79 Å². The predicted octanol–water partition coefficient (Wildman–Crippen LogP) is 4.08. The van der Waals surface area contributed by atoms with Crippen LogP contribution in [0.5, 0.6) is 0 Å². The predicted molar refractivity (Wildman–Crippen MR) is 131 cm³/mol. The average molecular weight is 461 g/mol. The molecule has 1 spiro atoms. The van der Waals surface area contributed by atoms with E-state index >= 15 is 0 Å². The van der Waals surface area contributed by atoms with Gasteiger partial charge in [0.15, 0.2) is 0 Å². The molecule has 4 amide bonds. The Hall–Kier alpha value is -3.35. The lowest BCUT2D eigenvalue weighted by molar-refractivity contribution is -0.135. The van der Waals surface area contributed by atoms with Gasteiger partial charge in [-0.3, -0.25) is 14.5 Å². The second-order valence-corrected chi connectivity index (χ2v) is 9.76. The molecule has 0 radical (unpaired) electrons. The summed E-state index contributed by atoms with van der Waals surface area (Å²) in [5.41, 5.74) is 3.45. The number of carbonyl (C=O) groups excluding carboxylic acids is 3. The van der Waals surface area contributed by atoms with E-state index in [-0.39, 0.29) is 18.4 Å². The van der Waals surface area contributed by atoms with Crippen molar-refractivity contribution in [3.8, 4) is 0 Å². The number of benzene rings is 2. The number of para-hydroxylation sites is 2. The first-order valence-corrected chi connectivity index (χ1v) is 12.3. The van der Waals surface area contributed by atoms with Crippen LogP contribution in [0, 0.1) is 5.92 Å². The van der Waals surface area contributed by atoms with Gasteiger partial charge in [0, 0.05) is 24.5 Å². The van der Waals surface area contributed by atoms with Crippen LogP contribution < -0.4 is 15.5 Å². The number of rotatable bonds is 6. The van der Waals surface area contributed by atoms with E-state index in [0.717, 1.165) is 42.7 Å². The Labute approximate surface area is 200 Å². The highest BCUT2D eigenvalue weighted by atomic mass is 16.2. The molecule has 2 N–H and O–H groups in total. The van der Waals surface area contributed by atoms with E-state index in [1.54, 1.807) is 0 Å². The minimum Gasteiger partial charge on any atom is -0.367 e. The van der Waals surface area contributed by atoms with Crippen molar-refractivity contribution in [1.82, 2.24) is 10.2 Å². The van der Waals surface area contributed by atoms with Gasteiger partial charge in [-0.1, -0.05) is 49.7 Å². The summed E-state index contributed by atoms with van der Waals surface area (Å²) in [5.74, 6) is -0.0204. The fraction of sp³-hybridized carbons (Fsp3) is 0.444. The Morgan fingerprint density at radius 3 is 2.62 bits per heavy atom. The quantitative estimate of drug-likeness (QED) is 0.637. The number of carbonyl (C=O) groups is 3. The van der Waals surface area contributed by atoms with Crippen LogP contribution >= 0.6 is 0 Å². The van der Waals surface area contributed by atoms with Crippen molar-refractivity contribution in [2.45, 2.75) is 57.5 Å². The summed E-state index contributed by atoms with van der Waals surface area (Å²) in [5, 5.41) is 5.85. The number of hydrogen-bond donors (Lipinski definition) is 2. The number of fused-ring (bicyclic) bond motifs is 1. The van der Waals surface area contributed by atoms with Crippen molar-refractivity contribution in [1.29, 1.82) is 0 Å². The number of anilines is 2. The molecule has 0 unspecified atom stereocenters. The van der Waals surface area contributed by atoms with E-state index in [2.05, 4.69) is 40.7 Å². The van der Waals surface area contributed by atoms with Crippen molar-refractivity contribution in [3.63, 3.8) is 0 Å². The molecule has 2 aliphatic heterocycles. The Balaban J connectivity index is 1.24. The third-order valence-electron chi connectivity index (χ3n) is 7.72. The largest absolute Gasteiger partial charge is 0.367 e. The van der Waals surface area contributed by atoms with Crippen LogP contribution in [-0.4, -0.2) is 41.4 Å². The molecule has 3 aliphatic rings. The van der Waals surface area contributed by atoms with Gasteiger partial charge in [-0.05, 0) is 61.3 Å². The molecular formula is C27H32N4O3. The van der Waals surface area contributed by atoms with Crippen LogP contribution in [0.3, 0.4) is 0 Å². The molecule has 2 aromatic carbocycles. The van der Waals surface area contributed by atoms with E-state index in [1.807, 2.05) is 30.3 Å². The van der Waals surface area contributed by atoms with Crippen molar-refractivity contribution in [3.05, 3.63) is 59.7 Å². The minimum absolute atomic E-state index is 0.260. The third-order valence-corrected chi connectivity index (χ3v) is 7.72. The van der Waals surface area contributed by atoms with Gasteiger partial charge in [-0.15, -0.1) is 0 Å². The summed E-state index contributed by atoms with van der Waals surface area (Å²) < 4.78 is 0. The molecule has 2 fully saturated rings. The van der Waals surface area contributed by atoms with Crippen molar-refractivity contribution < 1.29 is 14.4 Å². The molecule has 1 saturated carbocycles.